The summed E-state index contributed by atoms with van der Waals surface area (Å²) >= 11 is 0. The normalized spacial score (nSPS) is 15.6. The van der Waals surface area contributed by atoms with Crippen molar-refractivity contribution in [2.45, 2.75) is 25.7 Å². The maximum Gasteiger partial charge on any atom is 0.340 e. The second-order valence-electron chi connectivity index (χ2n) is 4.88. The average Bonchev–Trinajstić information content (AvgIpc) is 2.75. The lowest BCUT2D eigenvalue weighted by Gasteiger charge is -2.23. The lowest BCUT2D eigenvalue weighted by molar-refractivity contribution is 0.0603. The number of benzene rings is 1. The van der Waals surface area contributed by atoms with Gasteiger partial charge in [0.15, 0.2) is 0 Å². The van der Waals surface area contributed by atoms with Crippen LogP contribution in [0.15, 0.2) is 18.2 Å². The van der Waals surface area contributed by atoms with Gasteiger partial charge < -0.3 is 9.72 Å². The number of methoxy groups -OCH3 is 1. The van der Waals surface area contributed by atoms with Gasteiger partial charge in [0, 0.05) is 6.42 Å². The molecule has 0 unspecified atom stereocenters. The Hall–Kier alpha value is -1.84. The number of nitrogens with one attached hydrogen (secondary N) is 1. The minimum absolute atomic E-state index is 0.331. The zero-order valence-corrected chi connectivity index (χ0v) is 10.4. The van der Waals surface area contributed by atoms with Gasteiger partial charge in [0.05, 0.1) is 18.2 Å². The van der Waals surface area contributed by atoms with Gasteiger partial charge in [-0.3, -0.25) is 0 Å². The first-order valence-corrected chi connectivity index (χ1v) is 6.34. The fourth-order valence-electron chi connectivity index (χ4n) is 2.42. The summed E-state index contributed by atoms with van der Waals surface area (Å²) in [4.78, 5) is 19.5. The highest BCUT2D eigenvalue weighted by Gasteiger charge is 2.20. The van der Waals surface area contributed by atoms with Crippen molar-refractivity contribution in [3.8, 4) is 0 Å². The molecule has 0 radical (unpaired) electrons. The lowest BCUT2D eigenvalue weighted by atomic mass is 9.83. The van der Waals surface area contributed by atoms with Crippen molar-refractivity contribution in [1.29, 1.82) is 0 Å². The van der Waals surface area contributed by atoms with Gasteiger partial charge in [-0.15, -0.1) is 0 Å². The van der Waals surface area contributed by atoms with Crippen molar-refractivity contribution in [2.24, 2.45) is 5.92 Å². The van der Waals surface area contributed by atoms with Crippen LogP contribution < -0.4 is 0 Å². The van der Waals surface area contributed by atoms with Crippen LogP contribution in [-0.4, -0.2) is 23.0 Å². The van der Waals surface area contributed by atoms with Crippen molar-refractivity contribution in [2.75, 3.05) is 7.11 Å². The molecular formula is C14H16N2O2. The summed E-state index contributed by atoms with van der Waals surface area (Å²) in [6.07, 6.45) is 4.90. The maximum absolute atomic E-state index is 11.7. The number of esters is 1. The van der Waals surface area contributed by atoms with Gasteiger partial charge in [-0.2, -0.15) is 0 Å². The second-order valence-corrected chi connectivity index (χ2v) is 4.88. The molecule has 18 heavy (non-hydrogen) atoms. The second kappa shape index (κ2) is 4.44. The summed E-state index contributed by atoms with van der Waals surface area (Å²) in [7, 11) is 1.39. The molecule has 1 N–H and O–H groups in total. The lowest BCUT2D eigenvalue weighted by Crippen LogP contribution is -2.14. The van der Waals surface area contributed by atoms with Gasteiger partial charge >= 0.3 is 5.97 Å². The highest BCUT2D eigenvalue weighted by atomic mass is 16.5. The Bertz CT molecular complexity index is 584. The summed E-state index contributed by atoms with van der Waals surface area (Å²) in [5.41, 5.74) is 2.16. The zero-order chi connectivity index (χ0) is 12.5. The summed E-state index contributed by atoms with van der Waals surface area (Å²) in [5.74, 6) is 1.40. The van der Waals surface area contributed by atoms with Crippen molar-refractivity contribution >= 4 is 17.0 Å². The first-order chi connectivity index (χ1) is 8.78. The number of hydrogen-bond donors (Lipinski definition) is 1. The van der Waals surface area contributed by atoms with Crippen molar-refractivity contribution in [1.82, 2.24) is 9.97 Å². The van der Waals surface area contributed by atoms with Gasteiger partial charge in [0.25, 0.3) is 0 Å². The molecule has 1 aliphatic rings. The van der Waals surface area contributed by atoms with E-state index in [2.05, 4.69) is 9.97 Å². The van der Waals surface area contributed by atoms with Crippen LogP contribution in [0.2, 0.25) is 0 Å². The van der Waals surface area contributed by atoms with Crippen LogP contribution in [0.1, 0.15) is 35.4 Å². The smallest absolute Gasteiger partial charge is 0.340 e. The van der Waals surface area contributed by atoms with E-state index in [0.717, 1.165) is 29.2 Å². The number of fused-ring (bicyclic) bond motifs is 1. The van der Waals surface area contributed by atoms with E-state index in [-0.39, 0.29) is 5.97 Å². The van der Waals surface area contributed by atoms with Crippen LogP contribution >= 0.6 is 0 Å². The molecule has 0 saturated heterocycles. The summed E-state index contributed by atoms with van der Waals surface area (Å²) in [5, 5.41) is 0. The number of ether oxygens (including phenoxy) is 1. The van der Waals surface area contributed by atoms with E-state index < -0.39 is 0 Å². The molecule has 0 atom stereocenters. The Morgan fingerprint density at radius 2 is 2.33 bits per heavy atom. The van der Waals surface area contributed by atoms with Crippen molar-refractivity contribution in [3.63, 3.8) is 0 Å². The highest BCUT2D eigenvalue weighted by Crippen LogP contribution is 2.29. The van der Waals surface area contributed by atoms with Crippen LogP contribution in [0.3, 0.4) is 0 Å². The topological polar surface area (TPSA) is 55.0 Å². The standard InChI is InChI=1S/C14H16N2O2/c1-18-14(17)10-6-3-7-11-13(10)16-12(15-11)8-9-4-2-5-9/h3,6-7,9H,2,4-5,8H2,1H3,(H,15,16). The van der Waals surface area contributed by atoms with E-state index in [0.29, 0.717) is 5.56 Å². The minimum atomic E-state index is -0.331. The van der Waals surface area contributed by atoms with Crippen molar-refractivity contribution in [3.05, 3.63) is 29.6 Å². The third-order valence-electron chi connectivity index (χ3n) is 3.67. The summed E-state index contributed by atoms with van der Waals surface area (Å²) in [6, 6.07) is 5.54. The Morgan fingerprint density at radius 1 is 1.50 bits per heavy atom. The molecule has 3 rings (SSSR count). The van der Waals surface area contributed by atoms with Crippen molar-refractivity contribution < 1.29 is 9.53 Å². The minimum Gasteiger partial charge on any atom is -0.465 e. The summed E-state index contributed by atoms with van der Waals surface area (Å²) < 4.78 is 4.77. The van der Waals surface area contributed by atoms with E-state index >= 15 is 0 Å². The SMILES string of the molecule is COC(=O)c1cccc2[nH]c(CC3CCC3)nc12. The molecule has 0 amide bonds. The van der Waals surface area contributed by atoms with Crippen LogP contribution in [0.5, 0.6) is 0 Å². The van der Waals surface area contributed by atoms with E-state index in [4.69, 9.17) is 4.74 Å². The molecule has 1 aliphatic carbocycles. The van der Waals surface area contributed by atoms with E-state index in [1.165, 1.54) is 26.4 Å². The third kappa shape index (κ3) is 1.88. The van der Waals surface area contributed by atoms with Crippen LogP contribution in [-0.2, 0) is 11.2 Å². The van der Waals surface area contributed by atoms with E-state index in [9.17, 15) is 4.79 Å². The van der Waals surface area contributed by atoms with Gasteiger partial charge in [0.1, 0.15) is 11.3 Å². The molecule has 2 aromatic rings. The van der Waals surface area contributed by atoms with Gasteiger partial charge in [-0.25, -0.2) is 9.78 Å². The first kappa shape index (κ1) is 11.3. The van der Waals surface area contributed by atoms with Crippen LogP contribution in [0.4, 0.5) is 0 Å². The van der Waals surface area contributed by atoms with Gasteiger partial charge in [0.2, 0.25) is 0 Å². The predicted molar refractivity (Wildman–Crippen MR) is 68.5 cm³/mol. The number of imidazole rings is 1. The molecule has 4 nitrogen and oxygen atoms in total. The molecule has 94 valence electrons. The third-order valence-corrected chi connectivity index (χ3v) is 3.67. The molecule has 0 spiro atoms. The summed E-state index contributed by atoms with van der Waals surface area (Å²) in [6.45, 7) is 0. The molecule has 1 aromatic heterocycles. The number of aromatic nitrogens is 2. The maximum atomic E-state index is 11.7. The quantitative estimate of drug-likeness (QED) is 0.844. The molecule has 4 heteroatoms. The monoisotopic (exact) mass is 244 g/mol. The number of rotatable bonds is 3. The largest absolute Gasteiger partial charge is 0.465 e. The number of nitrogens with zero attached hydrogens (tertiary/aromatic N) is 1. The number of carbonyl (C=O) groups is 1. The number of hydrogen-bond acceptors (Lipinski definition) is 3. The van der Waals surface area contributed by atoms with Crippen LogP contribution in [0.25, 0.3) is 11.0 Å². The predicted octanol–water partition coefficient (Wildman–Crippen LogP) is 2.69. The number of aromatic amines is 1. The Kier molecular flexibility index (Phi) is 2.78. The first-order valence-electron chi connectivity index (χ1n) is 6.34. The fraction of sp³-hybridized carbons (Fsp3) is 0.429. The molecule has 0 aliphatic heterocycles. The molecule has 1 heterocycles. The highest BCUT2D eigenvalue weighted by molar-refractivity contribution is 6.01. The number of para-hydroxylation sites is 1. The zero-order valence-electron chi connectivity index (χ0n) is 10.4. The Balaban J connectivity index is 1.97. The van der Waals surface area contributed by atoms with Gasteiger partial charge in [-0.05, 0) is 18.1 Å². The van der Waals surface area contributed by atoms with E-state index in [1.807, 2.05) is 12.1 Å². The number of H-pyrrole nitrogens is 1. The number of carbonyl (C=O) groups excluding carboxylic acids is 1. The fourth-order valence-corrected chi connectivity index (χ4v) is 2.42. The van der Waals surface area contributed by atoms with E-state index in [1.54, 1.807) is 6.07 Å². The molecule has 1 fully saturated rings. The molecule has 1 saturated carbocycles. The molecule has 1 aromatic carbocycles. The molecule has 0 bridgehead atoms. The Morgan fingerprint density at radius 3 is 3.00 bits per heavy atom. The Labute approximate surface area is 105 Å². The molecular weight excluding hydrogens is 228 g/mol. The average molecular weight is 244 g/mol. The van der Waals surface area contributed by atoms with Gasteiger partial charge in [-0.1, -0.05) is 25.3 Å². The van der Waals surface area contributed by atoms with Crippen LogP contribution in [0, 0.1) is 5.92 Å².